The van der Waals surface area contributed by atoms with E-state index in [0.717, 1.165) is 0 Å². The van der Waals surface area contributed by atoms with Crippen molar-refractivity contribution in [2.24, 2.45) is 5.41 Å². The van der Waals surface area contributed by atoms with Crippen LogP contribution in [0.15, 0.2) is 35.9 Å². The summed E-state index contributed by atoms with van der Waals surface area (Å²) >= 11 is 0. The van der Waals surface area contributed by atoms with Crippen molar-refractivity contribution in [1.29, 1.82) is 0 Å². The summed E-state index contributed by atoms with van der Waals surface area (Å²) in [5, 5.41) is 3.18. The molecule has 0 atom stereocenters. The minimum absolute atomic E-state index is 0.165. The van der Waals surface area contributed by atoms with Gasteiger partial charge in [0.1, 0.15) is 0 Å². The lowest BCUT2D eigenvalue weighted by molar-refractivity contribution is 0.516. The van der Waals surface area contributed by atoms with Crippen LogP contribution in [0, 0.1) is 11.8 Å². The van der Waals surface area contributed by atoms with Gasteiger partial charge in [0.15, 0.2) is 0 Å². The lowest BCUT2D eigenvalue weighted by Crippen LogP contribution is -2.45. The predicted octanol–water partition coefficient (Wildman–Crippen LogP) is 7.56. The molecular weight excluding hydrogens is 392 g/mol. The Kier molecular flexibility index (Phi) is 5.92. The standard InChI is InChI=1S/C28H41Si2/c1-19(2)25-13-12-20-14-22(28(3,4)5)17-26(20)27(25)21-15-23(29(6,7)8)18-24(16-21)30(9,10)11/h12-19H,1-11H3. The van der Waals surface area contributed by atoms with Gasteiger partial charge in [0.05, 0.1) is 16.1 Å². The van der Waals surface area contributed by atoms with E-state index in [-0.39, 0.29) is 5.41 Å². The van der Waals surface area contributed by atoms with Gasteiger partial charge in [0, 0.05) is 6.42 Å². The molecule has 0 saturated carbocycles. The van der Waals surface area contributed by atoms with Gasteiger partial charge in [0.2, 0.25) is 0 Å². The second-order valence-electron chi connectivity index (χ2n) is 12.5. The Hall–Kier alpha value is -1.39. The molecule has 3 rings (SSSR count). The normalized spacial score (nSPS) is 14.9. The molecule has 1 aliphatic carbocycles. The molecule has 2 heteroatoms. The number of fused-ring (bicyclic) bond motifs is 1. The van der Waals surface area contributed by atoms with E-state index < -0.39 is 16.1 Å². The van der Waals surface area contributed by atoms with Crippen molar-refractivity contribution in [1.82, 2.24) is 0 Å². The van der Waals surface area contributed by atoms with Gasteiger partial charge in [-0.15, -0.1) is 0 Å². The first-order valence-corrected chi connectivity index (χ1v) is 18.5. The molecule has 0 N–H and O–H groups in total. The van der Waals surface area contributed by atoms with Gasteiger partial charge in [0.25, 0.3) is 0 Å². The summed E-state index contributed by atoms with van der Waals surface area (Å²) < 4.78 is 0. The van der Waals surface area contributed by atoms with E-state index in [1.807, 2.05) is 0 Å². The van der Waals surface area contributed by atoms with Crippen molar-refractivity contribution < 1.29 is 0 Å². The molecule has 0 amide bonds. The average molecular weight is 434 g/mol. The molecule has 0 fully saturated rings. The molecule has 30 heavy (non-hydrogen) atoms. The van der Waals surface area contributed by atoms with Gasteiger partial charge in [-0.05, 0) is 39.2 Å². The molecule has 2 aromatic rings. The fraction of sp³-hybridized carbons (Fsp3) is 0.464. The third-order valence-corrected chi connectivity index (χ3v) is 10.4. The third-order valence-electron chi connectivity index (χ3n) is 6.36. The second kappa shape index (κ2) is 7.63. The van der Waals surface area contributed by atoms with E-state index in [1.54, 1.807) is 10.4 Å². The molecule has 1 radical (unpaired) electrons. The molecular formula is C28H41Si2. The zero-order chi connectivity index (χ0) is 22.6. The van der Waals surface area contributed by atoms with Crippen LogP contribution in [0.25, 0.3) is 17.2 Å². The highest BCUT2D eigenvalue weighted by Crippen LogP contribution is 2.44. The van der Waals surface area contributed by atoms with Gasteiger partial charge < -0.3 is 0 Å². The maximum Gasteiger partial charge on any atom is 0.0776 e. The molecule has 0 aliphatic heterocycles. The van der Waals surface area contributed by atoms with E-state index in [2.05, 4.69) is 117 Å². The summed E-state index contributed by atoms with van der Waals surface area (Å²) in [6.45, 7) is 26.5. The number of benzene rings is 2. The lowest BCUT2D eigenvalue weighted by Gasteiger charge is -2.26. The molecule has 2 aromatic carbocycles. The summed E-state index contributed by atoms with van der Waals surface area (Å²) in [4.78, 5) is 0. The van der Waals surface area contributed by atoms with Crippen LogP contribution in [-0.4, -0.2) is 16.1 Å². The zero-order valence-corrected chi connectivity index (χ0v) is 23.1. The van der Waals surface area contributed by atoms with Crippen molar-refractivity contribution in [3.63, 3.8) is 0 Å². The van der Waals surface area contributed by atoms with Crippen molar-refractivity contribution >= 4 is 32.6 Å². The van der Waals surface area contributed by atoms with Crippen LogP contribution < -0.4 is 10.4 Å². The van der Waals surface area contributed by atoms with Gasteiger partial charge in [-0.1, -0.05) is 126 Å². The first kappa shape index (κ1) is 23.3. The van der Waals surface area contributed by atoms with E-state index in [0.29, 0.717) is 5.92 Å². The minimum atomic E-state index is -1.42. The largest absolute Gasteiger partial charge is 0.0776 e. The summed E-state index contributed by atoms with van der Waals surface area (Å²) in [7, 11) is -2.84. The van der Waals surface area contributed by atoms with Crippen molar-refractivity contribution in [3.05, 3.63) is 59.0 Å². The number of hydrogen-bond acceptors (Lipinski definition) is 0. The van der Waals surface area contributed by atoms with Crippen molar-refractivity contribution in [2.75, 3.05) is 0 Å². The van der Waals surface area contributed by atoms with E-state index in [9.17, 15) is 0 Å². The summed E-state index contributed by atoms with van der Waals surface area (Å²) in [5.41, 5.74) is 8.80. The summed E-state index contributed by atoms with van der Waals surface area (Å²) in [6.07, 6.45) is 4.87. The third kappa shape index (κ3) is 4.60. The summed E-state index contributed by atoms with van der Waals surface area (Å²) in [5.74, 6) is 0.503. The Balaban J connectivity index is 2.36. The van der Waals surface area contributed by atoms with E-state index in [1.165, 1.54) is 33.4 Å². The number of allylic oxidation sites excluding steroid dienone is 1. The van der Waals surface area contributed by atoms with Crippen molar-refractivity contribution in [2.45, 2.75) is 79.8 Å². The molecule has 1 aliphatic rings. The van der Waals surface area contributed by atoms with E-state index in [4.69, 9.17) is 0 Å². The Morgan fingerprint density at radius 1 is 0.767 bits per heavy atom. The molecule has 0 bridgehead atoms. The number of hydrogen-bond donors (Lipinski definition) is 0. The molecule has 0 nitrogen and oxygen atoms in total. The Morgan fingerprint density at radius 3 is 1.73 bits per heavy atom. The fourth-order valence-corrected chi connectivity index (χ4v) is 6.67. The van der Waals surface area contributed by atoms with Gasteiger partial charge in [-0.25, -0.2) is 0 Å². The minimum Gasteiger partial charge on any atom is -0.0656 e. The van der Waals surface area contributed by atoms with Crippen LogP contribution in [0.4, 0.5) is 0 Å². The van der Waals surface area contributed by atoms with Crippen LogP contribution in [-0.2, 0) is 0 Å². The van der Waals surface area contributed by atoms with Gasteiger partial charge in [-0.2, -0.15) is 0 Å². The first-order chi connectivity index (χ1) is 13.6. The fourth-order valence-electron chi connectivity index (χ4n) is 4.17. The maximum atomic E-state index is 2.54. The zero-order valence-electron chi connectivity index (χ0n) is 21.1. The van der Waals surface area contributed by atoms with Crippen LogP contribution in [0.3, 0.4) is 0 Å². The molecule has 0 aromatic heterocycles. The van der Waals surface area contributed by atoms with Crippen LogP contribution in [0.5, 0.6) is 0 Å². The monoisotopic (exact) mass is 433 g/mol. The quantitative estimate of drug-likeness (QED) is 0.436. The highest BCUT2D eigenvalue weighted by molar-refractivity contribution is 6.91. The Labute approximate surface area is 187 Å². The molecule has 161 valence electrons. The van der Waals surface area contributed by atoms with Gasteiger partial charge in [-0.3, -0.25) is 0 Å². The summed E-state index contributed by atoms with van der Waals surface area (Å²) in [6, 6.07) is 12.3. The second-order valence-corrected chi connectivity index (χ2v) is 22.6. The van der Waals surface area contributed by atoms with Crippen LogP contribution in [0.2, 0.25) is 39.3 Å². The predicted molar refractivity (Wildman–Crippen MR) is 143 cm³/mol. The first-order valence-electron chi connectivity index (χ1n) is 11.5. The maximum absolute atomic E-state index is 2.54. The Bertz CT molecular complexity index is 955. The SMILES string of the molecule is CC(C)c1ccc2c(c1-c1cc([Si](C)(C)C)cc([Si](C)(C)C)c1)C=C(C(C)(C)C)[CH]2. The number of rotatable bonds is 4. The Morgan fingerprint density at radius 2 is 1.30 bits per heavy atom. The molecule has 0 unspecified atom stereocenters. The molecule has 0 heterocycles. The highest BCUT2D eigenvalue weighted by Gasteiger charge is 2.29. The van der Waals surface area contributed by atoms with Gasteiger partial charge >= 0.3 is 0 Å². The average Bonchev–Trinajstić information content (AvgIpc) is 3.03. The highest BCUT2D eigenvalue weighted by atomic mass is 28.3. The lowest BCUT2D eigenvalue weighted by atomic mass is 9.85. The van der Waals surface area contributed by atoms with Crippen molar-refractivity contribution in [3.8, 4) is 11.1 Å². The topological polar surface area (TPSA) is 0 Å². The smallest absolute Gasteiger partial charge is 0.0656 e. The molecule has 0 spiro atoms. The van der Waals surface area contributed by atoms with E-state index >= 15 is 0 Å². The van der Waals surface area contributed by atoms with Crippen LogP contribution >= 0.6 is 0 Å². The van der Waals surface area contributed by atoms with Crippen LogP contribution in [0.1, 0.15) is 57.2 Å². The molecule has 0 saturated heterocycles.